The van der Waals surface area contributed by atoms with Crippen molar-refractivity contribution in [3.63, 3.8) is 0 Å². The Morgan fingerprint density at radius 1 is 1.23 bits per heavy atom. The lowest BCUT2D eigenvalue weighted by Gasteiger charge is -2.32. The smallest absolute Gasteiger partial charge is 0.337 e. The molecule has 2 aliphatic heterocycles. The number of carbonyl (C=O) groups is 2. The molecule has 0 aromatic heterocycles. The fraction of sp³-hybridized carbons (Fsp3) is 0.278. The summed E-state index contributed by atoms with van der Waals surface area (Å²) in [5.74, 6) is -1.19. The highest BCUT2D eigenvalue weighted by Crippen LogP contribution is 2.20. The number of hydrogen-bond acceptors (Lipinski definition) is 6. The zero-order chi connectivity index (χ0) is 18.5. The van der Waals surface area contributed by atoms with Crippen LogP contribution in [0, 0.1) is 11.3 Å². The quantitative estimate of drug-likeness (QED) is 0.813. The van der Waals surface area contributed by atoms with Crippen molar-refractivity contribution in [2.75, 3.05) is 32.8 Å². The molecule has 1 saturated heterocycles. The SMILES string of the molecule is N#Cc1ccc(C2=CC(C(=O)O)=CN(CC(=O)N3CCOCC3)N2)cc1. The predicted octanol–water partition coefficient (Wildman–Crippen LogP) is 0.547. The number of morpholine rings is 1. The topological polar surface area (TPSA) is 106 Å². The van der Waals surface area contributed by atoms with Gasteiger partial charge in [0, 0.05) is 19.3 Å². The minimum absolute atomic E-state index is 0.00436. The molecule has 0 spiro atoms. The molecule has 0 aliphatic carbocycles. The van der Waals surface area contributed by atoms with Crippen molar-refractivity contribution in [1.82, 2.24) is 15.3 Å². The van der Waals surface area contributed by atoms with Gasteiger partial charge in [-0.15, -0.1) is 0 Å². The maximum Gasteiger partial charge on any atom is 0.337 e. The molecule has 0 bridgehead atoms. The van der Waals surface area contributed by atoms with Crippen LogP contribution < -0.4 is 5.43 Å². The number of aliphatic carboxylic acids is 1. The average molecular weight is 354 g/mol. The first kappa shape index (κ1) is 17.5. The minimum atomic E-state index is -1.08. The Labute approximate surface area is 150 Å². The normalized spacial score (nSPS) is 16.9. The van der Waals surface area contributed by atoms with Gasteiger partial charge in [0.15, 0.2) is 0 Å². The van der Waals surface area contributed by atoms with Crippen LogP contribution in [-0.2, 0) is 14.3 Å². The van der Waals surface area contributed by atoms with Gasteiger partial charge in [-0.05, 0) is 23.8 Å². The van der Waals surface area contributed by atoms with Crippen molar-refractivity contribution in [3.8, 4) is 6.07 Å². The van der Waals surface area contributed by atoms with Gasteiger partial charge in [0.25, 0.3) is 0 Å². The summed E-state index contributed by atoms with van der Waals surface area (Å²) >= 11 is 0. The van der Waals surface area contributed by atoms with Crippen LogP contribution in [-0.4, -0.2) is 59.7 Å². The Bertz CT molecular complexity index is 801. The first-order valence-electron chi connectivity index (χ1n) is 8.13. The predicted molar refractivity (Wildman–Crippen MR) is 92.1 cm³/mol. The van der Waals surface area contributed by atoms with E-state index >= 15 is 0 Å². The number of hydrazine groups is 1. The van der Waals surface area contributed by atoms with Gasteiger partial charge in [-0.25, -0.2) is 4.79 Å². The van der Waals surface area contributed by atoms with Crippen molar-refractivity contribution in [2.45, 2.75) is 0 Å². The Morgan fingerprint density at radius 3 is 2.54 bits per heavy atom. The maximum atomic E-state index is 12.4. The second-order valence-electron chi connectivity index (χ2n) is 5.87. The molecular formula is C18H18N4O4. The molecule has 0 radical (unpaired) electrons. The Morgan fingerprint density at radius 2 is 1.92 bits per heavy atom. The first-order chi connectivity index (χ1) is 12.6. The number of carboxylic acid groups (broad SMARTS) is 1. The van der Waals surface area contributed by atoms with Crippen LogP contribution in [0.4, 0.5) is 0 Å². The van der Waals surface area contributed by atoms with Crippen molar-refractivity contribution in [1.29, 1.82) is 5.26 Å². The lowest BCUT2D eigenvalue weighted by molar-refractivity contribution is -0.136. The minimum Gasteiger partial charge on any atom is -0.478 e. The number of hydrogen-bond donors (Lipinski definition) is 2. The van der Waals surface area contributed by atoms with Gasteiger partial charge in [0.1, 0.15) is 6.54 Å². The number of amides is 1. The average Bonchev–Trinajstić information content (AvgIpc) is 2.68. The molecule has 0 saturated carbocycles. The van der Waals surface area contributed by atoms with Gasteiger partial charge >= 0.3 is 5.97 Å². The lowest BCUT2D eigenvalue weighted by Crippen LogP contribution is -2.48. The Kier molecular flexibility index (Phi) is 5.20. The fourth-order valence-electron chi connectivity index (χ4n) is 2.71. The number of nitriles is 1. The van der Waals surface area contributed by atoms with E-state index < -0.39 is 5.97 Å². The molecule has 1 fully saturated rings. The van der Waals surface area contributed by atoms with Crippen LogP contribution in [0.5, 0.6) is 0 Å². The molecule has 2 aliphatic rings. The second-order valence-corrected chi connectivity index (χ2v) is 5.87. The van der Waals surface area contributed by atoms with Gasteiger partial charge in [0.05, 0.1) is 36.1 Å². The van der Waals surface area contributed by atoms with Crippen LogP contribution in [0.3, 0.4) is 0 Å². The van der Waals surface area contributed by atoms with E-state index in [4.69, 9.17) is 10.00 Å². The molecule has 3 rings (SSSR count). The largest absolute Gasteiger partial charge is 0.478 e. The maximum absolute atomic E-state index is 12.4. The molecule has 1 aromatic rings. The summed E-state index contributed by atoms with van der Waals surface area (Å²) in [6.45, 7) is 2.07. The van der Waals surface area contributed by atoms with Crippen molar-refractivity contribution >= 4 is 17.6 Å². The third kappa shape index (κ3) is 4.02. The number of benzene rings is 1. The second kappa shape index (κ2) is 7.72. The van der Waals surface area contributed by atoms with E-state index in [9.17, 15) is 14.7 Å². The van der Waals surface area contributed by atoms with Gasteiger partial charge in [-0.3, -0.25) is 15.2 Å². The van der Waals surface area contributed by atoms with Crippen LogP contribution >= 0.6 is 0 Å². The highest BCUT2D eigenvalue weighted by Gasteiger charge is 2.22. The number of carboxylic acids is 1. The van der Waals surface area contributed by atoms with E-state index in [0.29, 0.717) is 37.6 Å². The van der Waals surface area contributed by atoms with E-state index in [1.807, 2.05) is 6.07 Å². The summed E-state index contributed by atoms with van der Waals surface area (Å²) in [7, 11) is 0. The van der Waals surface area contributed by atoms with Crippen LogP contribution in [0.1, 0.15) is 11.1 Å². The summed E-state index contributed by atoms with van der Waals surface area (Å²) in [4.78, 5) is 25.6. The van der Waals surface area contributed by atoms with Gasteiger partial charge in [0.2, 0.25) is 5.91 Å². The molecule has 8 nitrogen and oxygen atoms in total. The summed E-state index contributed by atoms with van der Waals surface area (Å²) < 4.78 is 5.24. The van der Waals surface area contributed by atoms with Crippen molar-refractivity contribution in [3.05, 3.63) is 53.2 Å². The molecule has 2 N–H and O–H groups in total. The Hall–Kier alpha value is -3.31. The first-order valence-corrected chi connectivity index (χ1v) is 8.13. The number of nitrogens with zero attached hydrogens (tertiary/aromatic N) is 3. The molecule has 1 amide bonds. The molecule has 134 valence electrons. The number of nitrogens with one attached hydrogen (secondary N) is 1. The van der Waals surface area contributed by atoms with E-state index in [1.165, 1.54) is 17.3 Å². The molecule has 1 aromatic carbocycles. The summed E-state index contributed by atoms with van der Waals surface area (Å²) in [6, 6.07) is 8.80. The molecule has 0 atom stereocenters. The molecule has 8 heteroatoms. The monoisotopic (exact) mass is 354 g/mol. The number of ether oxygens (including phenoxy) is 1. The van der Waals surface area contributed by atoms with Crippen LogP contribution in [0.15, 0.2) is 42.1 Å². The highest BCUT2D eigenvalue weighted by molar-refractivity contribution is 5.93. The summed E-state index contributed by atoms with van der Waals surface area (Å²) in [6.07, 6.45) is 2.90. The number of rotatable bonds is 4. The van der Waals surface area contributed by atoms with E-state index in [-0.39, 0.29) is 18.0 Å². The molecule has 2 heterocycles. The summed E-state index contributed by atoms with van der Waals surface area (Å²) in [5.41, 5.74) is 4.90. The zero-order valence-corrected chi connectivity index (χ0v) is 14.0. The summed E-state index contributed by atoms with van der Waals surface area (Å²) in [5, 5.41) is 19.7. The molecular weight excluding hydrogens is 336 g/mol. The third-order valence-corrected chi connectivity index (χ3v) is 4.10. The standard InChI is InChI=1S/C18H18N4O4/c19-10-13-1-3-14(4-2-13)16-9-15(18(24)25)11-22(20-16)12-17(23)21-5-7-26-8-6-21/h1-4,9,11,20H,5-8,12H2,(H,24,25). The van der Waals surface area contributed by atoms with Crippen LogP contribution in [0.2, 0.25) is 0 Å². The number of carbonyl (C=O) groups excluding carboxylic acids is 1. The van der Waals surface area contributed by atoms with Gasteiger partial charge in [-0.1, -0.05) is 12.1 Å². The lowest BCUT2D eigenvalue weighted by atomic mass is 10.1. The fourth-order valence-corrected chi connectivity index (χ4v) is 2.71. The highest BCUT2D eigenvalue weighted by atomic mass is 16.5. The molecule has 26 heavy (non-hydrogen) atoms. The van der Waals surface area contributed by atoms with Gasteiger partial charge in [-0.2, -0.15) is 5.26 Å². The third-order valence-electron chi connectivity index (χ3n) is 4.10. The van der Waals surface area contributed by atoms with Crippen molar-refractivity contribution < 1.29 is 19.4 Å². The van der Waals surface area contributed by atoms with Crippen LogP contribution in [0.25, 0.3) is 5.70 Å². The van der Waals surface area contributed by atoms with Gasteiger partial charge < -0.3 is 14.7 Å². The zero-order valence-electron chi connectivity index (χ0n) is 14.0. The molecule has 0 unspecified atom stereocenters. The van der Waals surface area contributed by atoms with Crippen molar-refractivity contribution in [2.24, 2.45) is 0 Å². The van der Waals surface area contributed by atoms with E-state index in [0.717, 1.165) is 5.56 Å². The van der Waals surface area contributed by atoms with E-state index in [2.05, 4.69) is 5.43 Å². The van der Waals surface area contributed by atoms with E-state index in [1.54, 1.807) is 29.2 Å². The Balaban J connectivity index is 1.77.